The maximum atomic E-state index is 12.2. The molecule has 4 N–H and O–H groups in total. The van der Waals surface area contributed by atoms with Crippen molar-refractivity contribution in [3.8, 4) is 0 Å². The molecule has 22 heavy (non-hydrogen) atoms. The number of rotatable bonds is 5. The first-order chi connectivity index (χ1) is 10.3. The Morgan fingerprint density at radius 1 is 1.27 bits per heavy atom. The lowest BCUT2D eigenvalue weighted by Gasteiger charge is -2.08. The van der Waals surface area contributed by atoms with Crippen molar-refractivity contribution in [2.24, 2.45) is 5.73 Å². The summed E-state index contributed by atoms with van der Waals surface area (Å²) in [6.45, 7) is 1.63. The second-order valence-electron chi connectivity index (χ2n) is 4.40. The van der Waals surface area contributed by atoms with E-state index in [4.69, 9.17) is 17.3 Å². The van der Waals surface area contributed by atoms with E-state index >= 15 is 0 Å². The first-order valence-corrected chi connectivity index (χ1v) is 8.88. The summed E-state index contributed by atoms with van der Waals surface area (Å²) in [6, 6.07) is 7.67. The van der Waals surface area contributed by atoms with Crippen molar-refractivity contribution in [3.05, 3.63) is 40.2 Å². The van der Waals surface area contributed by atoms with Crippen LogP contribution in [0.1, 0.15) is 4.88 Å². The van der Waals surface area contributed by atoms with Crippen LogP contribution in [-0.4, -0.2) is 20.9 Å². The van der Waals surface area contributed by atoms with Gasteiger partial charge >= 0.3 is 0 Å². The third-order valence-corrected chi connectivity index (χ3v) is 6.12. The molecule has 0 spiro atoms. The Morgan fingerprint density at radius 2 is 1.86 bits per heavy atom. The van der Waals surface area contributed by atoms with Crippen LogP contribution in [0.2, 0.25) is 5.02 Å². The SMILES string of the molecule is Cc1sc(S(=O)(=O)Nc2ccc(NC(=O)CN)cc2)cc1Cl. The van der Waals surface area contributed by atoms with Gasteiger partial charge in [0, 0.05) is 16.3 Å². The summed E-state index contributed by atoms with van der Waals surface area (Å²) in [4.78, 5) is 11.9. The predicted molar refractivity (Wildman–Crippen MR) is 89.0 cm³/mol. The van der Waals surface area contributed by atoms with Gasteiger partial charge in [0.15, 0.2) is 0 Å². The third kappa shape index (κ3) is 3.98. The fourth-order valence-corrected chi connectivity index (χ4v) is 4.35. The number of carbonyl (C=O) groups is 1. The number of amides is 1. The molecule has 0 saturated heterocycles. The number of aryl methyl sites for hydroxylation is 1. The molecule has 0 aliphatic heterocycles. The zero-order valence-electron chi connectivity index (χ0n) is 11.6. The van der Waals surface area contributed by atoms with Gasteiger partial charge in [-0.25, -0.2) is 8.42 Å². The maximum absolute atomic E-state index is 12.2. The summed E-state index contributed by atoms with van der Waals surface area (Å²) in [6.07, 6.45) is 0. The molecule has 0 unspecified atom stereocenters. The summed E-state index contributed by atoms with van der Waals surface area (Å²) in [5.41, 5.74) is 6.12. The molecule has 1 amide bonds. The maximum Gasteiger partial charge on any atom is 0.271 e. The van der Waals surface area contributed by atoms with E-state index in [0.29, 0.717) is 16.4 Å². The monoisotopic (exact) mass is 359 g/mol. The van der Waals surface area contributed by atoms with Crippen molar-refractivity contribution in [1.82, 2.24) is 0 Å². The van der Waals surface area contributed by atoms with Gasteiger partial charge in [-0.15, -0.1) is 11.3 Å². The molecule has 0 aliphatic rings. The first-order valence-electron chi connectivity index (χ1n) is 6.20. The molecule has 9 heteroatoms. The Morgan fingerprint density at radius 3 is 2.36 bits per heavy atom. The number of anilines is 2. The molecule has 0 atom stereocenters. The molecule has 1 heterocycles. The van der Waals surface area contributed by atoms with Crippen LogP contribution in [0.15, 0.2) is 34.5 Å². The lowest BCUT2D eigenvalue weighted by atomic mass is 10.3. The molecule has 0 radical (unpaired) electrons. The lowest BCUT2D eigenvalue weighted by molar-refractivity contribution is -0.114. The lowest BCUT2D eigenvalue weighted by Crippen LogP contribution is -2.21. The van der Waals surface area contributed by atoms with E-state index < -0.39 is 10.0 Å². The highest BCUT2D eigenvalue weighted by Crippen LogP contribution is 2.30. The molecular weight excluding hydrogens is 346 g/mol. The van der Waals surface area contributed by atoms with Crippen molar-refractivity contribution >= 4 is 50.2 Å². The number of carbonyl (C=O) groups excluding carboxylic acids is 1. The minimum atomic E-state index is -3.68. The molecular formula is C13H14ClN3O3S2. The van der Waals surface area contributed by atoms with Crippen LogP contribution in [0.4, 0.5) is 11.4 Å². The summed E-state index contributed by atoms with van der Waals surface area (Å²) >= 11 is 6.99. The first kappa shape index (κ1) is 16.8. The van der Waals surface area contributed by atoms with Crippen molar-refractivity contribution in [3.63, 3.8) is 0 Å². The number of benzene rings is 1. The van der Waals surface area contributed by atoms with Gasteiger partial charge in [-0.2, -0.15) is 0 Å². The molecule has 0 bridgehead atoms. The Kier molecular flexibility index (Phi) is 5.07. The smallest absolute Gasteiger partial charge is 0.271 e. The number of hydrogen-bond acceptors (Lipinski definition) is 5. The number of hydrogen-bond donors (Lipinski definition) is 3. The van der Waals surface area contributed by atoms with E-state index in [1.807, 2.05) is 0 Å². The highest BCUT2D eigenvalue weighted by molar-refractivity contribution is 7.94. The molecule has 0 saturated carbocycles. The molecule has 1 aromatic heterocycles. The van der Waals surface area contributed by atoms with Crippen LogP contribution in [0.25, 0.3) is 0 Å². The number of nitrogens with two attached hydrogens (primary N) is 1. The number of nitrogens with one attached hydrogen (secondary N) is 2. The van der Waals surface area contributed by atoms with Gasteiger partial charge in [-0.05, 0) is 37.3 Å². The van der Waals surface area contributed by atoms with Crippen molar-refractivity contribution in [2.75, 3.05) is 16.6 Å². The second-order valence-corrected chi connectivity index (χ2v) is 7.98. The number of halogens is 1. The van der Waals surface area contributed by atoms with Gasteiger partial charge in [0.2, 0.25) is 5.91 Å². The zero-order chi connectivity index (χ0) is 16.3. The fourth-order valence-electron chi connectivity index (χ4n) is 1.61. The summed E-state index contributed by atoms with van der Waals surface area (Å²) in [5, 5.41) is 2.99. The third-order valence-electron chi connectivity index (χ3n) is 2.71. The molecule has 2 aromatic rings. The van der Waals surface area contributed by atoms with Crippen LogP contribution < -0.4 is 15.8 Å². The van der Waals surface area contributed by atoms with Crippen LogP contribution >= 0.6 is 22.9 Å². The minimum absolute atomic E-state index is 0.118. The van der Waals surface area contributed by atoms with Gasteiger partial charge in [0.05, 0.1) is 11.6 Å². The molecule has 0 fully saturated rings. The number of sulfonamides is 1. The number of thiophene rings is 1. The molecule has 1 aromatic carbocycles. The molecule has 118 valence electrons. The van der Waals surface area contributed by atoms with E-state index in [1.165, 1.54) is 6.07 Å². The highest BCUT2D eigenvalue weighted by Gasteiger charge is 2.18. The van der Waals surface area contributed by atoms with E-state index in [1.54, 1.807) is 31.2 Å². The minimum Gasteiger partial charge on any atom is -0.325 e. The van der Waals surface area contributed by atoms with E-state index in [2.05, 4.69) is 10.0 Å². The van der Waals surface area contributed by atoms with Crippen LogP contribution in [0.5, 0.6) is 0 Å². The van der Waals surface area contributed by atoms with Gasteiger partial charge in [-0.1, -0.05) is 11.6 Å². The fraction of sp³-hybridized carbons (Fsp3) is 0.154. The Balaban J connectivity index is 2.14. The summed E-state index contributed by atoms with van der Waals surface area (Å²) < 4.78 is 27.1. The zero-order valence-corrected chi connectivity index (χ0v) is 14.0. The van der Waals surface area contributed by atoms with E-state index in [9.17, 15) is 13.2 Å². The summed E-state index contributed by atoms with van der Waals surface area (Å²) in [7, 11) is -3.68. The largest absolute Gasteiger partial charge is 0.325 e. The standard InChI is InChI=1S/C13H14ClN3O3S2/c1-8-11(14)6-13(21-8)22(19,20)17-10-4-2-9(3-5-10)16-12(18)7-15/h2-6,17H,7,15H2,1H3,(H,16,18). The van der Waals surface area contributed by atoms with E-state index in [0.717, 1.165) is 16.2 Å². The average Bonchev–Trinajstić information content (AvgIpc) is 2.81. The van der Waals surface area contributed by atoms with E-state index in [-0.39, 0.29) is 16.7 Å². The van der Waals surface area contributed by atoms with Gasteiger partial charge in [0.1, 0.15) is 4.21 Å². The van der Waals surface area contributed by atoms with Crippen molar-refractivity contribution in [2.45, 2.75) is 11.1 Å². The average molecular weight is 360 g/mol. The van der Waals surface area contributed by atoms with Gasteiger partial charge in [-0.3, -0.25) is 9.52 Å². The normalized spacial score (nSPS) is 11.2. The van der Waals surface area contributed by atoms with Crippen molar-refractivity contribution in [1.29, 1.82) is 0 Å². The topological polar surface area (TPSA) is 101 Å². The van der Waals surface area contributed by atoms with Crippen LogP contribution in [0.3, 0.4) is 0 Å². The molecule has 0 aliphatic carbocycles. The van der Waals surface area contributed by atoms with Crippen LogP contribution in [-0.2, 0) is 14.8 Å². The highest BCUT2D eigenvalue weighted by atomic mass is 35.5. The molecule has 6 nitrogen and oxygen atoms in total. The Bertz CT molecular complexity index is 766. The van der Waals surface area contributed by atoms with Crippen molar-refractivity contribution < 1.29 is 13.2 Å². The second kappa shape index (κ2) is 6.66. The summed E-state index contributed by atoms with van der Waals surface area (Å²) in [5.74, 6) is -0.322. The van der Waals surface area contributed by atoms with Gasteiger partial charge < -0.3 is 11.1 Å². The van der Waals surface area contributed by atoms with Gasteiger partial charge in [0.25, 0.3) is 10.0 Å². The Hall–Kier alpha value is -1.61. The predicted octanol–water partition coefficient (Wildman–Crippen LogP) is 2.41. The van der Waals surface area contributed by atoms with Crippen LogP contribution in [0, 0.1) is 6.92 Å². The molecule has 2 rings (SSSR count). The quantitative estimate of drug-likeness (QED) is 0.762. The Labute approximate surface area is 137 Å².